The number of imidazole rings is 1. The lowest BCUT2D eigenvalue weighted by atomic mass is 10.2. The van der Waals surface area contributed by atoms with Gasteiger partial charge in [0, 0.05) is 12.1 Å². The maximum absolute atomic E-state index is 11.9. The Morgan fingerprint density at radius 1 is 1.20 bits per heavy atom. The topological polar surface area (TPSA) is 73.6 Å². The van der Waals surface area contributed by atoms with Gasteiger partial charge in [0.25, 0.3) is 0 Å². The van der Waals surface area contributed by atoms with Gasteiger partial charge in [0.2, 0.25) is 0 Å². The molecule has 0 unspecified atom stereocenters. The van der Waals surface area contributed by atoms with Crippen molar-refractivity contribution in [2.75, 3.05) is 13.7 Å². The Bertz CT molecular complexity index is 931. The summed E-state index contributed by atoms with van der Waals surface area (Å²) in [7, 11) is 1.51. The van der Waals surface area contributed by atoms with Crippen LogP contribution in [-0.4, -0.2) is 34.3 Å². The van der Waals surface area contributed by atoms with Crippen molar-refractivity contribution >= 4 is 17.0 Å². The zero-order valence-electron chi connectivity index (χ0n) is 14.4. The van der Waals surface area contributed by atoms with Crippen LogP contribution in [0.4, 0.5) is 0 Å². The highest BCUT2D eigenvalue weighted by molar-refractivity contribution is 5.94. The van der Waals surface area contributed by atoms with Crippen LogP contribution in [0.15, 0.2) is 36.4 Å². The molecule has 1 N–H and O–H groups in total. The van der Waals surface area contributed by atoms with Crippen LogP contribution in [0, 0.1) is 0 Å². The van der Waals surface area contributed by atoms with E-state index in [9.17, 15) is 9.90 Å². The number of carbonyl (C=O) groups is 1. The number of aromatic nitrogens is 2. The molecule has 1 aromatic heterocycles. The van der Waals surface area contributed by atoms with E-state index in [1.165, 1.54) is 7.11 Å². The fourth-order valence-corrected chi connectivity index (χ4v) is 2.84. The van der Waals surface area contributed by atoms with Crippen LogP contribution in [0.25, 0.3) is 22.4 Å². The Labute approximate surface area is 145 Å². The highest BCUT2D eigenvalue weighted by atomic mass is 16.5. The van der Waals surface area contributed by atoms with Gasteiger partial charge >= 0.3 is 5.97 Å². The van der Waals surface area contributed by atoms with Crippen LogP contribution in [0.5, 0.6) is 11.5 Å². The predicted molar refractivity (Wildman–Crippen MR) is 95.0 cm³/mol. The lowest BCUT2D eigenvalue weighted by Crippen LogP contribution is -2.04. The van der Waals surface area contributed by atoms with Crippen LogP contribution in [0.2, 0.25) is 0 Å². The number of fused-ring (bicyclic) bond motifs is 1. The van der Waals surface area contributed by atoms with Crippen molar-refractivity contribution in [3.8, 4) is 22.9 Å². The standard InChI is InChI=1S/C19H20N2O4/c1-4-21-15-8-6-13(19(23)25-5-2)10-14(15)20-18(21)12-7-9-17(24-3)16(22)11-12/h6-11,22H,4-5H2,1-3H3. The lowest BCUT2D eigenvalue weighted by molar-refractivity contribution is 0.0526. The van der Waals surface area contributed by atoms with E-state index in [2.05, 4.69) is 4.98 Å². The Balaban J connectivity index is 2.12. The van der Waals surface area contributed by atoms with Gasteiger partial charge in [-0.3, -0.25) is 0 Å². The van der Waals surface area contributed by atoms with Crippen molar-refractivity contribution in [3.63, 3.8) is 0 Å². The van der Waals surface area contributed by atoms with Gasteiger partial charge in [-0.1, -0.05) is 0 Å². The minimum atomic E-state index is -0.362. The fourth-order valence-electron chi connectivity index (χ4n) is 2.84. The normalized spacial score (nSPS) is 10.8. The van der Waals surface area contributed by atoms with E-state index in [1.54, 1.807) is 31.2 Å². The second kappa shape index (κ2) is 6.84. The van der Waals surface area contributed by atoms with E-state index in [4.69, 9.17) is 9.47 Å². The number of methoxy groups -OCH3 is 1. The number of nitrogens with zero attached hydrogens (tertiary/aromatic N) is 2. The van der Waals surface area contributed by atoms with Crippen molar-refractivity contribution in [1.82, 2.24) is 9.55 Å². The zero-order valence-corrected chi connectivity index (χ0v) is 14.4. The first-order chi connectivity index (χ1) is 12.1. The van der Waals surface area contributed by atoms with Gasteiger partial charge in [0.05, 0.1) is 30.3 Å². The molecule has 0 saturated heterocycles. The number of rotatable bonds is 5. The largest absolute Gasteiger partial charge is 0.504 e. The monoisotopic (exact) mass is 340 g/mol. The molecule has 0 amide bonds. The molecule has 6 heteroatoms. The summed E-state index contributed by atoms with van der Waals surface area (Å²) in [4.78, 5) is 16.6. The molecule has 3 aromatic rings. The van der Waals surface area contributed by atoms with Crippen molar-refractivity contribution in [2.45, 2.75) is 20.4 Å². The van der Waals surface area contributed by atoms with Gasteiger partial charge < -0.3 is 19.1 Å². The van der Waals surface area contributed by atoms with E-state index in [1.807, 2.05) is 23.6 Å². The van der Waals surface area contributed by atoms with Crippen molar-refractivity contribution in [1.29, 1.82) is 0 Å². The van der Waals surface area contributed by atoms with Crippen LogP contribution in [-0.2, 0) is 11.3 Å². The summed E-state index contributed by atoms with van der Waals surface area (Å²) in [6.45, 7) is 4.83. The van der Waals surface area contributed by atoms with E-state index >= 15 is 0 Å². The quantitative estimate of drug-likeness (QED) is 0.718. The SMILES string of the molecule is CCOC(=O)c1ccc2c(c1)nc(-c1ccc(OC)c(O)c1)n2CC. The predicted octanol–water partition coefficient (Wildman–Crippen LogP) is 3.61. The maximum atomic E-state index is 11.9. The number of hydrogen-bond acceptors (Lipinski definition) is 5. The fraction of sp³-hybridized carbons (Fsp3) is 0.263. The number of phenolic OH excluding ortho intramolecular Hbond substituents is 1. The Hall–Kier alpha value is -3.02. The molecule has 0 fully saturated rings. The van der Waals surface area contributed by atoms with Gasteiger partial charge in [-0.15, -0.1) is 0 Å². The molecule has 0 atom stereocenters. The Kier molecular flexibility index (Phi) is 4.61. The van der Waals surface area contributed by atoms with E-state index in [-0.39, 0.29) is 11.7 Å². The number of aromatic hydroxyl groups is 1. The average Bonchev–Trinajstić information content (AvgIpc) is 2.99. The van der Waals surface area contributed by atoms with Gasteiger partial charge in [-0.05, 0) is 50.2 Å². The number of aryl methyl sites for hydroxylation is 1. The summed E-state index contributed by atoms with van der Waals surface area (Å²) >= 11 is 0. The average molecular weight is 340 g/mol. The van der Waals surface area contributed by atoms with Crippen molar-refractivity contribution < 1.29 is 19.4 Å². The molecular formula is C19H20N2O4. The lowest BCUT2D eigenvalue weighted by Gasteiger charge is -2.08. The Morgan fingerprint density at radius 3 is 2.64 bits per heavy atom. The molecule has 0 radical (unpaired) electrons. The molecule has 25 heavy (non-hydrogen) atoms. The number of carbonyl (C=O) groups excluding carboxylic acids is 1. The first-order valence-corrected chi connectivity index (χ1v) is 8.13. The molecule has 0 aliphatic carbocycles. The van der Waals surface area contributed by atoms with Crippen LogP contribution < -0.4 is 4.74 Å². The van der Waals surface area contributed by atoms with Crippen LogP contribution in [0.3, 0.4) is 0 Å². The van der Waals surface area contributed by atoms with Crippen molar-refractivity contribution in [3.05, 3.63) is 42.0 Å². The second-order valence-electron chi connectivity index (χ2n) is 5.49. The molecule has 3 rings (SSSR count). The number of hydrogen-bond donors (Lipinski definition) is 1. The molecule has 0 aliphatic heterocycles. The molecule has 0 spiro atoms. The van der Waals surface area contributed by atoms with Gasteiger partial charge in [0.1, 0.15) is 5.82 Å². The molecule has 6 nitrogen and oxygen atoms in total. The molecule has 1 heterocycles. The Morgan fingerprint density at radius 2 is 2.00 bits per heavy atom. The number of benzene rings is 2. The zero-order chi connectivity index (χ0) is 18.0. The third-order valence-corrected chi connectivity index (χ3v) is 4.01. The second-order valence-corrected chi connectivity index (χ2v) is 5.49. The van der Waals surface area contributed by atoms with Crippen LogP contribution >= 0.6 is 0 Å². The third-order valence-electron chi connectivity index (χ3n) is 4.01. The van der Waals surface area contributed by atoms with Gasteiger partial charge in [-0.2, -0.15) is 0 Å². The van der Waals surface area contributed by atoms with Crippen molar-refractivity contribution in [2.24, 2.45) is 0 Å². The summed E-state index contributed by atoms with van der Waals surface area (Å²) in [5.74, 6) is 0.824. The summed E-state index contributed by atoms with van der Waals surface area (Å²) in [6, 6.07) is 10.5. The molecule has 2 aromatic carbocycles. The minimum absolute atomic E-state index is 0.0573. The first-order valence-electron chi connectivity index (χ1n) is 8.13. The molecule has 130 valence electrons. The van der Waals surface area contributed by atoms with E-state index in [0.717, 1.165) is 16.9 Å². The van der Waals surface area contributed by atoms with Crippen LogP contribution in [0.1, 0.15) is 24.2 Å². The number of esters is 1. The van der Waals surface area contributed by atoms with Gasteiger partial charge in [0.15, 0.2) is 11.5 Å². The molecule has 0 saturated carbocycles. The number of phenols is 1. The molecule has 0 aliphatic rings. The number of ether oxygens (including phenoxy) is 2. The summed E-state index contributed by atoms with van der Waals surface area (Å²) in [5.41, 5.74) is 2.87. The van der Waals surface area contributed by atoms with E-state index < -0.39 is 0 Å². The summed E-state index contributed by atoms with van der Waals surface area (Å²) < 4.78 is 12.2. The minimum Gasteiger partial charge on any atom is -0.504 e. The van der Waals surface area contributed by atoms with Gasteiger partial charge in [-0.25, -0.2) is 9.78 Å². The summed E-state index contributed by atoms with van der Waals surface area (Å²) in [6.07, 6.45) is 0. The highest BCUT2D eigenvalue weighted by Gasteiger charge is 2.15. The highest BCUT2D eigenvalue weighted by Crippen LogP contribution is 2.32. The molecule has 0 bridgehead atoms. The first kappa shape index (κ1) is 16.8. The van der Waals surface area contributed by atoms with E-state index in [0.29, 0.717) is 30.0 Å². The third kappa shape index (κ3) is 3.03. The maximum Gasteiger partial charge on any atom is 0.338 e. The summed E-state index contributed by atoms with van der Waals surface area (Å²) in [5, 5.41) is 10.0. The molecular weight excluding hydrogens is 320 g/mol. The smallest absolute Gasteiger partial charge is 0.338 e.